The van der Waals surface area contributed by atoms with Gasteiger partial charge in [-0.1, -0.05) is 13.3 Å². The van der Waals surface area contributed by atoms with Gasteiger partial charge in [0, 0.05) is 7.05 Å². The Morgan fingerprint density at radius 3 is 2.44 bits per heavy atom. The standard InChI is InChI=1S/C12H18BrN5/c1-5-6-9-11(14)12(17(4)16-9)18-8(3)10(13)7(2)15-18/h5-6,14H2,1-4H3. The molecule has 0 unspecified atom stereocenters. The molecule has 0 saturated heterocycles. The number of nitrogen functional groups attached to an aromatic ring is 1. The smallest absolute Gasteiger partial charge is 0.175 e. The van der Waals surface area contributed by atoms with Gasteiger partial charge in [0.1, 0.15) is 5.69 Å². The Morgan fingerprint density at radius 2 is 1.94 bits per heavy atom. The van der Waals surface area contributed by atoms with Gasteiger partial charge in [-0.25, -0.2) is 9.36 Å². The van der Waals surface area contributed by atoms with E-state index < -0.39 is 0 Å². The van der Waals surface area contributed by atoms with Gasteiger partial charge in [0.15, 0.2) is 5.82 Å². The molecule has 0 radical (unpaired) electrons. The van der Waals surface area contributed by atoms with E-state index in [-0.39, 0.29) is 0 Å². The Kier molecular flexibility index (Phi) is 3.47. The molecular formula is C12H18BrN5. The lowest BCUT2D eigenvalue weighted by Gasteiger charge is -2.05. The summed E-state index contributed by atoms with van der Waals surface area (Å²) in [4.78, 5) is 0. The first kappa shape index (κ1) is 13.1. The van der Waals surface area contributed by atoms with Crippen LogP contribution in [0.1, 0.15) is 30.4 Å². The molecule has 0 saturated carbocycles. The third kappa shape index (κ3) is 1.94. The first-order valence-electron chi connectivity index (χ1n) is 6.00. The van der Waals surface area contributed by atoms with Crippen LogP contribution < -0.4 is 5.73 Å². The molecule has 0 atom stereocenters. The highest BCUT2D eigenvalue weighted by atomic mass is 79.9. The van der Waals surface area contributed by atoms with Crippen molar-refractivity contribution >= 4 is 21.6 Å². The van der Waals surface area contributed by atoms with Crippen molar-refractivity contribution in [1.82, 2.24) is 19.6 Å². The van der Waals surface area contributed by atoms with Gasteiger partial charge in [0.05, 0.1) is 21.6 Å². The third-order valence-electron chi connectivity index (χ3n) is 3.02. The number of rotatable bonds is 3. The summed E-state index contributed by atoms with van der Waals surface area (Å²) in [6.07, 6.45) is 1.92. The van der Waals surface area contributed by atoms with E-state index in [1.807, 2.05) is 25.6 Å². The SMILES string of the molecule is CCCc1nn(C)c(-n2nc(C)c(Br)c2C)c1N. The number of hydrogen-bond donors (Lipinski definition) is 1. The summed E-state index contributed by atoms with van der Waals surface area (Å²) in [5.74, 6) is 0.838. The molecular weight excluding hydrogens is 294 g/mol. The van der Waals surface area contributed by atoms with Gasteiger partial charge in [-0.15, -0.1) is 0 Å². The fourth-order valence-electron chi connectivity index (χ4n) is 2.09. The maximum Gasteiger partial charge on any atom is 0.175 e. The molecule has 0 aliphatic carbocycles. The van der Waals surface area contributed by atoms with E-state index in [1.165, 1.54) is 0 Å². The second-order valence-electron chi connectivity index (χ2n) is 4.45. The Bertz CT molecular complexity index is 582. The normalized spacial score (nSPS) is 11.2. The zero-order valence-electron chi connectivity index (χ0n) is 11.2. The van der Waals surface area contributed by atoms with Gasteiger partial charge in [-0.05, 0) is 36.2 Å². The topological polar surface area (TPSA) is 61.7 Å². The first-order valence-corrected chi connectivity index (χ1v) is 6.80. The summed E-state index contributed by atoms with van der Waals surface area (Å²) in [7, 11) is 1.90. The van der Waals surface area contributed by atoms with E-state index in [0.29, 0.717) is 0 Å². The lowest BCUT2D eigenvalue weighted by atomic mass is 10.2. The van der Waals surface area contributed by atoms with Crippen molar-refractivity contribution in [3.8, 4) is 5.82 Å². The number of hydrogen-bond acceptors (Lipinski definition) is 3. The molecule has 0 fully saturated rings. The van der Waals surface area contributed by atoms with E-state index in [4.69, 9.17) is 5.73 Å². The summed E-state index contributed by atoms with van der Waals surface area (Å²) in [6, 6.07) is 0. The van der Waals surface area contributed by atoms with Crippen LogP contribution in [0.25, 0.3) is 5.82 Å². The second kappa shape index (κ2) is 4.76. The van der Waals surface area contributed by atoms with Crippen LogP contribution in [-0.2, 0) is 13.5 Å². The van der Waals surface area contributed by atoms with Gasteiger partial charge < -0.3 is 5.73 Å². The van der Waals surface area contributed by atoms with Gasteiger partial charge >= 0.3 is 0 Å². The van der Waals surface area contributed by atoms with Crippen molar-refractivity contribution in [2.24, 2.45) is 7.05 Å². The van der Waals surface area contributed by atoms with Crippen LogP contribution in [0.15, 0.2) is 4.47 Å². The van der Waals surface area contributed by atoms with Gasteiger partial charge in [0.2, 0.25) is 0 Å². The Balaban J connectivity index is 2.60. The minimum Gasteiger partial charge on any atom is -0.394 e. The largest absolute Gasteiger partial charge is 0.394 e. The lowest BCUT2D eigenvalue weighted by molar-refractivity contribution is 0.675. The lowest BCUT2D eigenvalue weighted by Crippen LogP contribution is -2.08. The molecule has 98 valence electrons. The van der Waals surface area contributed by atoms with E-state index in [9.17, 15) is 0 Å². The van der Waals surface area contributed by atoms with Crippen LogP contribution in [0.5, 0.6) is 0 Å². The van der Waals surface area contributed by atoms with Crippen molar-refractivity contribution in [2.75, 3.05) is 5.73 Å². The minimum absolute atomic E-state index is 0.720. The zero-order valence-corrected chi connectivity index (χ0v) is 12.7. The fourth-order valence-corrected chi connectivity index (χ4v) is 2.34. The van der Waals surface area contributed by atoms with Crippen LogP contribution >= 0.6 is 15.9 Å². The highest BCUT2D eigenvalue weighted by Gasteiger charge is 2.19. The number of halogens is 1. The maximum atomic E-state index is 6.19. The molecule has 0 aliphatic rings. The van der Waals surface area contributed by atoms with Crippen LogP contribution in [0.4, 0.5) is 5.69 Å². The van der Waals surface area contributed by atoms with E-state index in [1.54, 1.807) is 4.68 Å². The molecule has 0 spiro atoms. The van der Waals surface area contributed by atoms with Crippen LogP contribution in [0.2, 0.25) is 0 Å². The molecule has 2 N–H and O–H groups in total. The average molecular weight is 312 g/mol. The van der Waals surface area contributed by atoms with E-state index in [0.717, 1.165) is 45.9 Å². The predicted molar refractivity (Wildman–Crippen MR) is 75.9 cm³/mol. The molecule has 18 heavy (non-hydrogen) atoms. The van der Waals surface area contributed by atoms with Crippen LogP contribution in [0, 0.1) is 13.8 Å². The number of nitrogens with zero attached hydrogens (tertiary/aromatic N) is 4. The van der Waals surface area contributed by atoms with Crippen molar-refractivity contribution in [1.29, 1.82) is 0 Å². The van der Waals surface area contributed by atoms with Crippen molar-refractivity contribution in [3.63, 3.8) is 0 Å². The predicted octanol–water partition coefficient (Wildman–Crippen LogP) is 2.52. The first-order chi connectivity index (χ1) is 8.47. The van der Waals surface area contributed by atoms with E-state index in [2.05, 4.69) is 33.1 Å². The van der Waals surface area contributed by atoms with Crippen molar-refractivity contribution in [3.05, 3.63) is 21.6 Å². The van der Waals surface area contributed by atoms with Crippen molar-refractivity contribution in [2.45, 2.75) is 33.6 Å². The second-order valence-corrected chi connectivity index (χ2v) is 5.25. The Labute approximate surface area is 115 Å². The maximum absolute atomic E-state index is 6.19. The molecule has 0 aromatic carbocycles. The molecule has 2 rings (SSSR count). The zero-order chi connectivity index (χ0) is 13.4. The molecule has 2 aromatic heterocycles. The molecule has 0 aliphatic heterocycles. The Morgan fingerprint density at radius 1 is 1.28 bits per heavy atom. The van der Waals surface area contributed by atoms with Crippen molar-refractivity contribution < 1.29 is 0 Å². The summed E-state index contributed by atoms with van der Waals surface area (Å²) < 4.78 is 4.66. The third-order valence-corrected chi connectivity index (χ3v) is 4.17. The summed E-state index contributed by atoms with van der Waals surface area (Å²) >= 11 is 3.53. The number of aromatic nitrogens is 4. The molecule has 2 heterocycles. The van der Waals surface area contributed by atoms with Crippen LogP contribution in [-0.4, -0.2) is 19.6 Å². The number of anilines is 1. The fraction of sp³-hybridized carbons (Fsp3) is 0.500. The monoisotopic (exact) mass is 311 g/mol. The van der Waals surface area contributed by atoms with Gasteiger partial charge in [-0.3, -0.25) is 0 Å². The molecule has 5 nitrogen and oxygen atoms in total. The number of aryl methyl sites for hydroxylation is 3. The Hall–Kier alpha value is -1.30. The summed E-state index contributed by atoms with van der Waals surface area (Å²) in [6.45, 7) is 6.09. The highest BCUT2D eigenvalue weighted by Crippen LogP contribution is 2.27. The summed E-state index contributed by atoms with van der Waals surface area (Å²) in [5.41, 5.74) is 9.84. The number of nitrogens with two attached hydrogens (primary N) is 1. The molecule has 0 amide bonds. The van der Waals surface area contributed by atoms with Gasteiger partial charge in [-0.2, -0.15) is 10.2 Å². The molecule has 2 aromatic rings. The highest BCUT2D eigenvalue weighted by molar-refractivity contribution is 9.10. The van der Waals surface area contributed by atoms with Gasteiger partial charge in [0.25, 0.3) is 0 Å². The van der Waals surface area contributed by atoms with E-state index >= 15 is 0 Å². The summed E-state index contributed by atoms with van der Waals surface area (Å²) in [5, 5.41) is 8.98. The molecule has 0 bridgehead atoms. The average Bonchev–Trinajstić information content (AvgIpc) is 2.72. The van der Waals surface area contributed by atoms with Crippen LogP contribution in [0.3, 0.4) is 0 Å². The quantitative estimate of drug-likeness (QED) is 0.947. The minimum atomic E-state index is 0.720. The molecule has 6 heteroatoms.